The normalized spacial score (nSPS) is 31.1. The summed E-state index contributed by atoms with van der Waals surface area (Å²) in [6.45, 7) is 2.64. The van der Waals surface area contributed by atoms with Crippen LogP contribution in [0.15, 0.2) is 24.5 Å². The predicted molar refractivity (Wildman–Crippen MR) is 56.1 cm³/mol. The first-order valence-electron chi connectivity index (χ1n) is 5.53. The molecule has 2 aliphatic heterocycles. The van der Waals surface area contributed by atoms with Crippen LogP contribution in [-0.4, -0.2) is 28.5 Å². The molecule has 0 N–H and O–H groups in total. The summed E-state index contributed by atoms with van der Waals surface area (Å²) in [5.41, 5.74) is 1.93. The second kappa shape index (κ2) is 3.06. The minimum Gasteiger partial charge on any atom is -0.297 e. The summed E-state index contributed by atoms with van der Waals surface area (Å²) in [6, 6.07) is 4.25. The molecule has 14 heavy (non-hydrogen) atoms. The van der Waals surface area contributed by atoms with Gasteiger partial charge in [0.25, 0.3) is 0 Å². The molecule has 1 aromatic rings. The van der Waals surface area contributed by atoms with Gasteiger partial charge in [0.2, 0.25) is 0 Å². The predicted octanol–water partition coefficient (Wildman–Crippen LogP) is 1.86. The zero-order valence-corrected chi connectivity index (χ0v) is 8.45. The van der Waals surface area contributed by atoms with Crippen LogP contribution in [0.2, 0.25) is 0 Å². The van der Waals surface area contributed by atoms with Crippen molar-refractivity contribution < 1.29 is 0 Å². The first-order valence-corrected chi connectivity index (χ1v) is 5.53. The summed E-state index contributed by atoms with van der Waals surface area (Å²) in [6.07, 6.45) is 9.25. The Morgan fingerprint density at radius 2 is 2.36 bits per heavy atom. The number of pyridine rings is 1. The number of fused-ring (bicyclic) bond motifs is 1. The molecule has 0 aliphatic carbocycles. The summed E-state index contributed by atoms with van der Waals surface area (Å²) in [5, 5.41) is 0. The Bertz CT molecular complexity index is 322. The van der Waals surface area contributed by atoms with Crippen molar-refractivity contribution >= 4 is 0 Å². The highest BCUT2D eigenvalue weighted by molar-refractivity contribution is 5.17. The molecule has 3 rings (SSSR count). The van der Waals surface area contributed by atoms with Crippen LogP contribution in [0.5, 0.6) is 0 Å². The molecule has 0 saturated carbocycles. The van der Waals surface area contributed by atoms with E-state index in [9.17, 15) is 0 Å². The Hall–Kier alpha value is -0.890. The zero-order chi connectivity index (χ0) is 9.43. The second-order valence-electron chi connectivity index (χ2n) is 4.60. The van der Waals surface area contributed by atoms with E-state index >= 15 is 0 Å². The van der Waals surface area contributed by atoms with Crippen molar-refractivity contribution in [3.63, 3.8) is 0 Å². The van der Waals surface area contributed by atoms with Gasteiger partial charge in [0, 0.05) is 24.5 Å². The quantitative estimate of drug-likeness (QED) is 0.704. The Balaban J connectivity index is 1.78. The largest absolute Gasteiger partial charge is 0.297 e. The second-order valence-corrected chi connectivity index (χ2v) is 4.60. The maximum atomic E-state index is 4.19. The average molecular weight is 188 g/mol. The van der Waals surface area contributed by atoms with Crippen molar-refractivity contribution in [3.05, 3.63) is 30.1 Å². The number of nitrogens with zero attached hydrogens (tertiary/aromatic N) is 2. The van der Waals surface area contributed by atoms with Crippen LogP contribution in [0.25, 0.3) is 0 Å². The lowest BCUT2D eigenvalue weighted by Crippen LogP contribution is -2.56. The Labute approximate surface area is 85.0 Å². The lowest BCUT2D eigenvalue weighted by Gasteiger charge is -2.48. The van der Waals surface area contributed by atoms with Crippen molar-refractivity contribution in [2.24, 2.45) is 0 Å². The number of rotatable bonds is 2. The third kappa shape index (κ3) is 1.17. The van der Waals surface area contributed by atoms with Gasteiger partial charge in [-0.1, -0.05) is 6.07 Å². The number of hydrogen-bond donors (Lipinski definition) is 0. The van der Waals surface area contributed by atoms with Crippen LogP contribution in [0.1, 0.15) is 24.8 Å². The van der Waals surface area contributed by atoms with Crippen molar-refractivity contribution in [2.45, 2.75) is 31.2 Å². The van der Waals surface area contributed by atoms with Crippen LogP contribution >= 0.6 is 0 Å². The Kier molecular flexibility index (Phi) is 1.84. The zero-order valence-electron chi connectivity index (χ0n) is 8.45. The van der Waals surface area contributed by atoms with Gasteiger partial charge in [-0.2, -0.15) is 0 Å². The minimum absolute atomic E-state index is 0.531. The smallest absolute Gasteiger partial charge is 0.0300 e. The van der Waals surface area contributed by atoms with Crippen molar-refractivity contribution in [3.8, 4) is 0 Å². The summed E-state index contributed by atoms with van der Waals surface area (Å²) in [4.78, 5) is 6.84. The monoisotopic (exact) mass is 188 g/mol. The summed E-state index contributed by atoms with van der Waals surface area (Å²) in [7, 11) is 0. The maximum Gasteiger partial charge on any atom is 0.0300 e. The van der Waals surface area contributed by atoms with Crippen LogP contribution in [0.3, 0.4) is 0 Å². The van der Waals surface area contributed by atoms with Gasteiger partial charge in [-0.25, -0.2) is 0 Å². The molecular formula is C12H16N2. The van der Waals surface area contributed by atoms with Gasteiger partial charge in [-0.15, -0.1) is 0 Å². The van der Waals surface area contributed by atoms with Gasteiger partial charge in [0.15, 0.2) is 0 Å². The molecule has 2 nitrogen and oxygen atoms in total. The Morgan fingerprint density at radius 1 is 1.36 bits per heavy atom. The van der Waals surface area contributed by atoms with Gasteiger partial charge < -0.3 is 0 Å². The van der Waals surface area contributed by atoms with E-state index in [-0.39, 0.29) is 0 Å². The van der Waals surface area contributed by atoms with E-state index in [0.717, 1.165) is 0 Å². The molecular weight excluding hydrogens is 172 g/mol. The van der Waals surface area contributed by atoms with Gasteiger partial charge in [0.05, 0.1) is 0 Å². The SMILES string of the molecule is c1cncc(CC23CCCN2CC3)c1. The highest BCUT2D eigenvalue weighted by Gasteiger charge is 2.47. The van der Waals surface area contributed by atoms with Crippen LogP contribution in [-0.2, 0) is 6.42 Å². The molecule has 2 aliphatic rings. The fourth-order valence-corrected chi connectivity index (χ4v) is 2.99. The maximum absolute atomic E-state index is 4.19. The molecule has 2 saturated heterocycles. The third-order valence-electron chi connectivity index (χ3n) is 3.84. The molecule has 2 heteroatoms. The molecule has 0 bridgehead atoms. The minimum atomic E-state index is 0.531. The van der Waals surface area contributed by atoms with Gasteiger partial charge >= 0.3 is 0 Å². The van der Waals surface area contributed by atoms with Crippen LogP contribution < -0.4 is 0 Å². The molecule has 0 radical (unpaired) electrons. The first-order chi connectivity index (χ1) is 6.89. The lowest BCUT2D eigenvalue weighted by atomic mass is 9.80. The van der Waals surface area contributed by atoms with Crippen LogP contribution in [0, 0.1) is 0 Å². The molecule has 3 heterocycles. The molecule has 74 valence electrons. The standard InChI is InChI=1S/C12H16N2/c1-3-11(10-13-6-1)9-12-4-2-7-14(12)8-5-12/h1,3,6,10H,2,4-5,7-9H2. The van der Waals surface area contributed by atoms with E-state index in [1.54, 1.807) is 0 Å². The fourth-order valence-electron chi connectivity index (χ4n) is 2.99. The highest BCUT2D eigenvalue weighted by atomic mass is 15.3. The third-order valence-corrected chi connectivity index (χ3v) is 3.84. The molecule has 0 spiro atoms. The van der Waals surface area contributed by atoms with Gasteiger partial charge in [0.1, 0.15) is 0 Å². The van der Waals surface area contributed by atoms with Gasteiger partial charge in [-0.3, -0.25) is 9.88 Å². The summed E-state index contributed by atoms with van der Waals surface area (Å²) in [5.74, 6) is 0. The van der Waals surface area contributed by atoms with Gasteiger partial charge in [-0.05, 0) is 43.9 Å². The van der Waals surface area contributed by atoms with Crippen molar-refractivity contribution in [1.29, 1.82) is 0 Å². The van der Waals surface area contributed by atoms with E-state index in [0.29, 0.717) is 5.54 Å². The highest BCUT2D eigenvalue weighted by Crippen LogP contribution is 2.42. The summed E-state index contributed by atoms with van der Waals surface area (Å²) >= 11 is 0. The molecule has 0 amide bonds. The molecule has 1 atom stereocenters. The molecule has 1 unspecified atom stereocenters. The van der Waals surface area contributed by atoms with Crippen molar-refractivity contribution in [2.75, 3.05) is 13.1 Å². The topological polar surface area (TPSA) is 16.1 Å². The van der Waals surface area contributed by atoms with E-state index in [1.807, 2.05) is 18.5 Å². The molecule has 2 fully saturated rings. The van der Waals surface area contributed by atoms with Crippen molar-refractivity contribution in [1.82, 2.24) is 9.88 Å². The van der Waals surface area contributed by atoms with E-state index in [4.69, 9.17) is 0 Å². The average Bonchev–Trinajstić information content (AvgIpc) is 2.47. The van der Waals surface area contributed by atoms with E-state index in [2.05, 4.69) is 16.0 Å². The Morgan fingerprint density at radius 3 is 3.00 bits per heavy atom. The first kappa shape index (κ1) is 8.42. The molecule has 1 aromatic heterocycles. The summed E-state index contributed by atoms with van der Waals surface area (Å²) < 4.78 is 0. The lowest BCUT2D eigenvalue weighted by molar-refractivity contribution is 0.0280. The number of aromatic nitrogens is 1. The number of hydrogen-bond acceptors (Lipinski definition) is 2. The fraction of sp³-hybridized carbons (Fsp3) is 0.583. The van der Waals surface area contributed by atoms with E-state index < -0.39 is 0 Å². The molecule has 0 aromatic carbocycles. The van der Waals surface area contributed by atoms with Crippen LogP contribution in [0.4, 0.5) is 0 Å². The van der Waals surface area contributed by atoms with E-state index in [1.165, 1.54) is 44.3 Å².